The van der Waals surface area contributed by atoms with E-state index in [2.05, 4.69) is 5.32 Å². The van der Waals surface area contributed by atoms with E-state index in [4.69, 9.17) is 11.6 Å². The molecule has 0 saturated carbocycles. The molecule has 0 atom stereocenters. The highest BCUT2D eigenvalue weighted by Crippen LogP contribution is 2.22. The van der Waals surface area contributed by atoms with Crippen molar-refractivity contribution in [3.63, 3.8) is 0 Å². The first-order valence-corrected chi connectivity index (χ1v) is 9.32. The molecule has 1 aromatic heterocycles. The summed E-state index contributed by atoms with van der Waals surface area (Å²) in [5.41, 5.74) is 0.488. The van der Waals surface area contributed by atoms with Crippen molar-refractivity contribution >= 4 is 40.4 Å². The largest absolute Gasteiger partial charge is 0.335 e. The second kappa shape index (κ2) is 9.66. The molecule has 140 valence electrons. The number of thiophene rings is 1. The molecule has 26 heavy (non-hydrogen) atoms. The van der Waals surface area contributed by atoms with E-state index in [0.29, 0.717) is 18.8 Å². The first kappa shape index (κ1) is 20.4. The molecule has 0 bridgehead atoms. The van der Waals surface area contributed by atoms with E-state index in [1.807, 2.05) is 24.0 Å². The lowest BCUT2D eigenvalue weighted by atomic mass is 10.3. The molecule has 0 fully saturated rings. The molecule has 0 spiro atoms. The van der Waals surface area contributed by atoms with Crippen LogP contribution < -0.4 is 5.32 Å². The number of carbonyl (C=O) groups is 2. The number of likely N-dealkylation sites (N-methyl/N-ethyl adjacent to an activating group) is 2. The molecule has 2 rings (SSSR count). The zero-order valence-corrected chi connectivity index (χ0v) is 16.2. The number of hydrogen-bond acceptors (Lipinski definition) is 4. The Balaban J connectivity index is 1.83. The number of rotatable bonds is 8. The van der Waals surface area contributed by atoms with Gasteiger partial charge in [0.1, 0.15) is 5.82 Å². The number of halogens is 2. The summed E-state index contributed by atoms with van der Waals surface area (Å²) < 4.78 is 13.6. The number of hydrogen-bond donors (Lipinski definition) is 1. The molecule has 0 aliphatic heterocycles. The van der Waals surface area contributed by atoms with Crippen LogP contribution in [0.15, 0.2) is 36.4 Å². The molecular formula is C18H21ClFN3O2S. The smallest absolute Gasteiger partial charge is 0.243 e. The van der Waals surface area contributed by atoms with E-state index in [9.17, 15) is 14.0 Å². The van der Waals surface area contributed by atoms with E-state index < -0.39 is 0 Å². The van der Waals surface area contributed by atoms with Crippen LogP contribution in [0.1, 0.15) is 11.8 Å². The van der Waals surface area contributed by atoms with Crippen molar-refractivity contribution < 1.29 is 14.0 Å². The summed E-state index contributed by atoms with van der Waals surface area (Å²) in [6.07, 6.45) is 0. The van der Waals surface area contributed by atoms with Crippen LogP contribution in [0.2, 0.25) is 4.34 Å². The zero-order valence-electron chi connectivity index (χ0n) is 14.7. The molecular weight excluding hydrogens is 377 g/mol. The predicted molar refractivity (Wildman–Crippen MR) is 103 cm³/mol. The molecule has 0 aliphatic carbocycles. The summed E-state index contributed by atoms with van der Waals surface area (Å²) in [6.45, 7) is 3.46. The summed E-state index contributed by atoms with van der Waals surface area (Å²) in [6, 6.07) is 9.25. The Bertz CT molecular complexity index is 751. The van der Waals surface area contributed by atoms with Gasteiger partial charge in [-0.25, -0.2) is 4.39 Å². The van der Waals surface area contributed by atoms with Gasteiger partial charge in [-0.3, -0.25) is 14.5 Å². The molecule has 0 saturated heterocycles. The molecule has 0 unspecified atom stereocenters. The Labute approximate surface area is 161 Å². The van der Waals surface area contributed by atoms with Crippen LogP contribution in [-0.4, -0.2) is 48.3 Å². The summed E-state index contributed by atoms with van der Waals surface area (Å²) in [4.78, 5) is 28.9. The van der Waals surface area contributed by atoms with Gasteiger partial charge in [0.15, 0.2) is 0 Å². The lowest BCUT2D eigenvalue weighted by Crippen LogP contribution is -2.41. The van der Waals surface area contributed by atoms with Crippen molar-refractivity contribution in [1.82, 2.24) is 9.80 Å². The third-order valence-electron chi connectivity index (χ3n) is 3.75. The minimum absolute atomic E-state index is 0.0708. The van der Waals surface area contributed by atoms with Crippen molar-refractivity contribution in [2.45, 2.75) is 13.5 Å². The molecule has 1 aromatic carbocycles. The van der Waals surface area contributed by atoms with Crippen molar-refractivity contribution in [2.75, 3.05) is 32.0 Å². The third kappa shape index (κ3) is 6.40. The fourth-order valence-corrected chi connectivity index (χ4v) is 3.42. The molecule has 0 radical (unpaired) electrons. The van der Waals surface area contributed by atoms with E-state index >= 15 is 0 Å². The highest BCUT2D eigenvalue weighted by Gasteiger charge is 2.17. The standard InChI is InChI=1S/C18H21ClFN3O2S/c1-3-23(10-15-8-9-16(19)26-15)12-18(25)22(2)11-17(24)21-14-6-4-13(20)5-7-14/h4-9H,3,10-12H2,1-2H3,(H,21,24). The van der Waals surface area contributed by atoms with Gasteiger partial charge in [-0.2, -0.15) is 0 Å². The molecule has 1 N–H and O–H groups in total. The Kier molecular flexibility index (Phi) is 7.56. The number of anilines is 1. The lowest BCUT2D eigenvalue weighted by Gasteiger charge is -2.23. The SMILES string of the molecule is CCN(CC(=O)N(C)CC(=O)Nc1ccc(F)cc1)Cc1ccc(Cl)s1. The van der Waals surface area contributed by atoms with E-state index in [1.165, 1.54) is 40.5 Å². The van der Waals surface area contributed by atoms with Crippen molar-refractivity contribution in [3.05, 3.63) is 51.4 Å². The van der Waals surface area contributed by atoms with Gasteiger partial charge in [0.25, 0.3) is 0 Å². The summed E-state index contributed by atoms with van der Waals surface area (Å²) in [5, 5.41) is 2.64. The van der Waals surface area contributed by atoms with Gasteiger partial charge in [-0.05, 0) is 42.9 Å². The van der Waals surface area contributed by atoms with Crippen LogP contribution in [-0.2, 0) is 16.1 Å². The van der Waals surface area contributed by atoms with Crippen molar-refractivity contribution in [3.8, 4) is 0 Å². The highest BCUT2D eigenvalue weighted by molar-refractivity contribution is 7.16. The molecule has 0 aliphatic rings. The fourth-order valence-electron chi connectivity index (χ4n) is 2.29. The van der Waals surface area contributed by atoms with Gasteiger partial charge in [0.05, 0.1) is 17.4 Å². The van der Waals surface area contributed by atoms with Gasteiger partial charge in [-0.15, -0.1) is 11.3 Å². The van der Waals surface area contributed by atoms with Gasteiger partial charge < -0.3 is 10.2 Å². The molecule has 2 amide bonds. The second-order valence-corrected chi connectivity index (χ2v) is 7.61. The molecule has 2 aromatic rings. The van der Waals surface area contributed by atoms with Crippen LogP contribution in [0.3, 0.4) is 0 Å². The van der Waals surface area contributed by atoms with Crippen LogP contribution in [0, 0.1) is 5.82 Å². The average Bonchev–Trinajstić information content (AvgIpc) is 3.01. The zero-order chi connectivity index (χ0) is 19.1. The minimum atomic E-state index is -0.373. The topological polar surface area (TPSA) is 52.7 Å². The highest BCUT2D eigenvalue weighted by atomic mass is 35.5. The van der Waals surface area contributed by atoms with Crippen LogP contribution in [0.4, 0.5) is 10.1 Å². The Morgan fingerprint density at radius 3 is 2.42 bits per heavy atom. The third-order valence-corrected chi connectivity index (χ3v) is 4.96. The Morgan fingerprint density at radius 1 is 1.15 bits per heavy atom. The maximum atomic E-state index is 12.9. The quantitative estimate of drug-likeness (QED) is 0.742. The van der Waals surface area contributed by atoms with Gasteiger partial charge in [0, 0.05) is 24.2 Å². The van der Waals surface area contributed by atoms with Gasteiger partial charge in [0.2, 0.25) is 11.8 Å². The first-order valence-electron chi connectivity index (χ1n) is 8.13. The number of nitrogens with one attached hydrogen (secondary N) is 1. The van der Waals surface area contributed by atoms with Crippen LogP contribution >= 0.6 is 22.9 Å². The number of carbonyl (C=O) groups excluding carboxylic acids is 2. The fraction of sp³-hybridized carbons (Fsp3) is 0.333. The predicted octanol–water partition coefficient (Wildman–Crippen LogP) is 3.46. The lowest BCUT2D eigenvalue weighted by molar-refractivity contribution is -0.134. The van der Waals surface area contributed by atoms with Crippen LogP contribution in [0.25, 0.3) is 0 Å². The van der Waals surface area contributed by atoms with E-state index in [1.54, 1.807) is 7.05 Å². The molecule has 8 heteroatoms. The van der Waals surface area contributed by atoms with E-state index in [0.717, 1.165) is 9.21 Å². The maximum Gasteiger partial charge on any atom is 0.243 e. The van der Waals surface area contributed by atoms with E-state index in [-0.39, 0.29) is 30.7 Å². The summed E-state index contributed by atoms with van der Waals surface area (Å²) >= 11 is 7.42. The summed E-state index contributed by atoms with van der Waals surface area (Å²) in [5.74, 6) is -0.855. The minimum Gasteiger partial charge on any atom is -0.335 e. The normalized spacial score (nSPS) is 10.8. The first-order chi connectivity index (χ1) is 12.4. The molecule has 1 heterocycles. The Morgan fingerprint density at radius 2 is 1.85 bits per heavy atom. The Hall–Kier alpha value is -1.96. The van der Waals surface area contributed by atoms with Crippen LogP contribution in [0.5, 0.6) is 0 Å². The number of amides is 2. The summed E-state index contributed by atoms with van der Waals surface area (Å²) in [7, 11) is 1.59. The van der Waals surface area contributed by atoms with Crippen molar-refractivity contribution in [2.24, 2.45) is 0 Å². The number of benzene rings is 1. The monoisotopic (exact) mass is 397 g/mol. The number of nitrogens with zero attached hydrogens (tertiary/aromatic N) is 2. The maximum absolute atomic E-state index is 12.9. The molecule has 5 nitrogen and oxygen atoms in total. The second-order valence-electron chi connectivity index (χ2n) is 5.81. The average molecular weight is 398 g/mol. The van der Waals surface area contributed by atoms with Gasteiger partial charge >= 0.3 is 0 Å². The van der Waals surface area contributed by atoms with Crippen molar-refractivity contribution in [1.29, 1.82) is 0 Å². The van der Waals surface area contributed by atoms with Gasteiger partial charge in [-0.1, -0.05) is 18.5 Å².